The van der Waals surface area contributed by atoms with Crippen LogP contribution in [0.25, 0.3) is 0 Å². The highest BCUT2D eigenvalue weighted by atomic mass is 16.4. The van der Waals surface area contributed by atoms with E-state index < -0.39 is 12.0 Å². The lowest BCUT2D eigenvalue weighted by Crippen LogP contribution is -2.38. The fraction of sp³-hybridized carbons (Fsp3) is 0.974. The van der Waals surface area contributed by atoms with Crippen molar-refractivity contribution >= 4 is 5.97 Å². The monoisotopic (exact) mass is 594 g/mol. The van der Waals surface area contributed by atoms with Crippen molar-refractivity contribution in [2.24, 2.45) is 11.7 Å². The van der Waals surface area contributed by atoms with E-state index in [1.165, 1.54) is 193 Å². The third-order valence-corrected chi connectivity index (χ3v) is 9.65. The summed E-state index contributed by atoms with van der Waals surface area (Å²) < 4.78 is 0. The number of carboxylic acid groups (broad SMARTS) is 1. The van der Waals surface area contributed by atoms with Crippen LogP contribution < -0.4 is 5.73 Å². The van der Waals surface area contributed by atoms with E-state index in [4.69, 9.17) is 5.73 Å². The minimum atomic E-state index is -0.812. The van der Waals surface area contributed by atoms with E-state index in [0.717, 1.165) is 25.7 Å². The Morgan fingerprint density at radius 2 is 0.595 bits per heavy atom. The van der Waals surface area contributed by atoms with Gasteiger partial charge in [0.15, 0.2) is 0 Å². The largest absolute Gasteiger partial charge is 0.480 e. The Balaban J connectivity index is 3.59. The Hall–Kier alpha value is -0.570. The predicted octanol–water partition coefficient (Wildman–Crippen LogP) is 13.3. The molecule has 0 aromatic heterocycles. The summed E-state index contributed by atoms with van der Waals surface area (Å²) in [7, 11) is 0. The maximum Gasteiger partial charge on any atom is 0.320 e. The van der Waals surface area contributed by atoms with Gasteiger partial charge in [-0.1, -0.05) is 219 Å². The molecule has 0 aromatic carbocycles. The van der Waals surface area contributed by atoms with Gasteiger partial charge in [-0.25, -0.2) is 0 Å². The molecule has 0 spiro atoms. The van der Waals surface area contributed by atoms with Crippen LogP contribution in [0.15, 0.2) is 0 Å². The van der Waals surface area contributed by atoms with E-state index >= 15 is 0 Å². The molecule has 0 saturated carbocycles. The molecule has 252 valence electrons. The number of carboxylic acids is 1. The Kier molecular flexibility index (Phi) is 34.4. The van der Waals surface area contributed by atoms with Gasteiger partial charge in [0.2, 0.25) is 0 Å². The van der Waals surface area contributed by atoms with Crippen LogP contribution in [-0.4, -0.2) is 17.1 Å². The highest BCUT2D eigenvalue weighted by molar-refractivity contribution is 5.73. The molecule has 0 saturated heterocycles. The molecule has 0 aromatic rings. The lowest BCUT2D eigenvalue weighted by molar-refractivity contribution is -0.140. The molecule has 3 nitrogen and oxygen atoms in total. The normalized spacial score (nSPS) is 12.4. The third kappa shape index (κ3) is 30.9. The van der Waals surface area contributed by atoms with E-state index in [1.807, 2.05) is 0 Å². The number of hydrogen-bond donors (Lipinski definition) is 2. The lowest BCUT2D eigenvalue weighted by Gasteiger charge is -2.20. The Labute approximate surface area is 265 Å². The molecule has 0 rings (SSSR count). The summed E-state index contributed by atoms with van der Waals surface area (Å²) in [5.41, 5.74) is 6.09. The lowest BCUT2D eigenvalue weighted by atomic mass is 9.88. The van der Waals surface area contributed by atoms with Gasteiger partial charge in [0, 0.05) is 0 Å². The zero-order valence-electron chi connectivity index (χ0n) is 29.1. The highest BCUT2D eigenvalue weighted by Crippen LogP contribution is 2.22. The molecular weight excluding hydrogens is 514 g/mol. The van der Waals surface area contributed by atoms with Crippen molar-refractivity contribution in [2.45, 2.75) is 238 Å². The van der Waals surface area contributed by atoms with Gasteiger partial charge in [-0.2, -0.15) is 0 Å². The van der Waals surface area contributed by atoms with Crippen LogP contribution in [0.4, 0.5) is 0 Å². The fourth-order valence-electron chi connectivity index (χ4n) is 6.61. The van der Waals surface area contributed by atoms with Crippen molar-refractivity contribution < 1.29 is 9.90 Å². The first-order valence-corrected chi connectivity index (χ1v) is 19.6. The highest BCUT2D eigenvalue weighted by Gasteiger charge is 2.23. The molecule has 42 heavy (non-hydrogen) atoms. The van der Waals surface area contributed by atoms with Gasteiger partial charge in [-0.05, 0) is 18.8 Å². The Bertz CT molecular complexity index is 487. The zero-order chi connectivity index (χ0) is 30.8. The summed E-state index contributed by atoms with van der Waals surface area (Å²) in [4.78, 5) is 11.6. The summed E-state index contributed by atoms with van der Waals surface area (Å²) in [6.45, 7) is 4.58. The standard InChI is InChI=1S/C39H79NO2/c1-3-5-7-9-11-13-15-17-19-21-23-25-27-29-31-33-35-37(38(40)39(41)42)36-34-32-30-28-26-24-22-20-18-16-14-12-10-8-6-4-2/h37-38H,3-36,40H2,1-2H3,(H,41,42). The number of nitrogens with two attached hydrogens (primary N) is 1. The molecule has 0 amide bonds. The molecule has 1 unspecified atom stereocenters. The van der Waals surface area contributed by atoms with Gasteiger partial charge in [0.25, 0.3) is 0 Å². The van der Waals surface area contributed by atoms with Crippen LogP contribution in [0.1, 0.15) is 232 Å². The van der Waals surface area contributed by atoms with Gasteiger partial charge in [0.1, 0.15) is 6.04 Å². The second kappa shape index (κ2) is 34.9. The summed E-state index contributed by atoms with van der Waals surface area (Å²) in [5, 5.41) is 9.50. The maximum absolute atomic E-state index is 11.6. The number of unbranched alkanes of at least 4 members (excludes halogenated alkanes) is 30. The number of hydrogen-bond acceptors (Lipinski definition) is 2. The molecule has 0 bridgehead atoms. The maximum atomic E-state index is 11.6. The topological polar surface area (TPSA) is 63.3 Å². The Morgan fingerprint density at radius 1 is 0.405 bits per heavy atom. The second-order valence-electron chi connectivity index (χ2n) is 13.8. The summed E-state index contributed by atoms with van der Waals surface area (Å²) >= 11 is 0. The van der Waals surface area contributed by atoms with Crippen molar-refractivity contribution in [1.29, 1.82) is 0 Å². The van der Waals surface area contributed by atoms with E-state index in [0.29, 0.717) is 0 Å². The van der Waals surface area contributed by atoms with Crippen molar-refractivity contribution in [3.63, 3.8) is 0 Å². The first kappa shape index (κ1) is 41.4. The molecular formula is C39H79NO2. The fourth-order valence-corrected chi connectivity index (χ4v) is 6.61. The van der Waals surface area contributed by atoms with Crippen molar-refractivity contribution in [1.82, 2.24) is 0 Å². The minimum Gasteiger partial charge on any atom is -0.480 e. The number of carbonyl (C=O) groups is 1. The summed E-state index contributed by atoms with van der Waals surface area (Å²) in [5.74, 6) is -0.659. The first-order chi connectivity index (χ1) is 20.6. The molecule has 0 radical (unpaired) electrons. The number of aliphatic carboxylic acids is 1. The molecule has 0 aliphatic rings. The molecule has 3 N–H and O–H groups in total. The van der Waals surface area contributed by atoms with Gasteiger partial charge in [-0.15, -0.1) is 0 Å². The van der Waals surface area contributed by atoms with Gasteiger partial charge in [0.05, 0.1) is 0 Å². The van der Waals surface area contributed by atoms with Crippen molar-refractivity contribution in [3.8, 4) is 0 Å². The number of rotatable bonds is 36. The van der Waals surface area contributed by atoms with Gasteiger partial charge < -0.3 is 10.8 Å². The second-order valence-corrected chi connectivity index (χ2v) is 13.8. The minimum absolute atomic E-state index is 0.154. The van der Waals surface area contributed by atoms with Crippen LogP contribution >= 0.6 is 0 Å². The van der Waals surface area contributed by atoms with Crippen LogP contribution in [0.2, 0.25) is 0 Å². The molecule has 3 heteroatoms. The zero-order valence-corrected chi connectivity index (χ0v) is 29.1. The first-order valence-electron chi connectivity index (χ1n) is 19.6. The van der Waals surface area contributed by atoms with E-state index in [-0.39, 0.29) is 5.92 Å². The average Bonchev–Trinajstić information content (AvgIpc) is 2.99. The predicted molar refractivity (Wildman–Crippen MR) is 187 cm³/mol. The molecule has 1 atom stereocenters. The summed E-state index contributed by atoms with van der Waals surface area (Å²) in [6.07, 6.45) is 45.9. The van der Waals surface area contributed by atoms with E-state index in [9.17, 15) is 9.90 Å². The third-order valence-electron chi connectivity index (χ3n) is 9.65. The van der Waals surface area contributed by atoms with Crippen molar-refractivity contribution in [3.05, 3.63) is 0 Å². The quantitative estimate of drug-likeness (QED) is 0.0710. The van der Waals surface area contributed by atoms with Crippen LogP contribution in [0.5, 0.6) is 0 Å². The van der Waals surface area contributed by atoms with E-state index in [2.05, 4.69) is 13.8 Å². The van der Waals surface area contributed by atoms with Crippen LogP contribution in [0.3, 0.4) is 0 Å². The molecule has 0 aliphatic heterocycles. The molecule has 0 aliphatic carbocycles. The smallest absolute Gasteiger partial charge is 0.320 e. The van der Waals surface area contributed by atoms with Crippen LogP contribution in [-0.2, 0) is 4.79 Å². The Morgan fingerprint density at radius 3 is 0.786 bits per heavy atom. The van der Waals surface area contributed by atoms with Gasteiger partial charge in [-0.3, -0.25) is 4.79 Å². The van der Waals surface area contributed by atoms with E-state index in [1.54, 1.807) is 0 Å². The SMILES string of the molecule is CCCCCCCCCCCCCCCCCCC(CCCCCCCCCCCCCCCCCC)C(N)C(=O)O. The molecule has 0 fully saturated rings. The van der Waals surface area contributed by atoms with Gasteiger partial charge >= 0.3 is 5.97 Å². The van der Waals surface area contributed by atoms with Crippen LogP contribution in [0, 0.1) is 5.92 Å². The molecule has 0 heterocycles. The average molecular weight is 594 g/mol. The summed E-state index contributed by atoms with van der Waals surface area (Å²) in [6, 6.07) is -0.683. The van der Waals surface area contributed by atoms with Crippen molar-refractivity contribution in [2.75, 3.05) is 0 Å².